The molecule has 0 aliphatic rings. The Bertz CT molecular complexity index is 1890. The van der Waals surface area contributed by atoms with E-state index in [0.29, 0.717) is 22.6 Å². The lowest BCUT2D eigenvalue weighted by molar-refractivity contribution is 0.0986. The highest BCUT2D eigenvalue weighted by molar-refractivity contribution is 6.15. The lowest BCUT2D eigenvalue weighted by Gasteiger charge is -2.08. The summed E-state index contributed by atoms with van der Waals surface area (Å²) in [4.78, 5) is 51.2. The maximum absolute atomic E-state index is 13.3. The van der Waals surface area contributed by atoms with E-state index >= 15 is 0 Å². The van der Waals surface area contributed by atoms with Crippen LogP contribution >= 0.6 is 0 Å². The fourth-order valence-electron chi connectivity index (χ4n) is 4.82. The third kappa shape index (κ3) is 6.00. The molecule has 0 fully saturated rings. The van der Waals surface area contributed by atoms with Gasteiger partial charge in [0.1, 0.15) is 22.9 Å². The molecule has 2 aromatic heterocycles. The summed E-state index contributed by atoms with van der Waals surface area (Å²) in [7, 11) is 0. The molecule has 0 saturated heterocycles. The Morgan fingerprint density at radius 2 is 0.867 bits per heavy atom. The van der Waals surface area contributed by atoms with Gasteiger partial charge in [-0.3, -0.25) is 19.2 Å². The van der Waals surface area contributed by atoms with Crippen LogP contribution in [0, 0.1) is 0 Å². The van der Waals surface area contributed by atoms with Crippen LogP contribution in [-0.2, 0) is 0 Å². The second-order valence-electron chi connectivity index (χ2n) is 10.3. The Hall–Kier alpha value is -6.22. The number of rotatable bonds is 10. The van der Waals surface area contributed by atoms with Gasteiger partial charge in [0.15, 0.2) is 23.1 Å². The van der Waals surface area contributed by atoms with Crippen molar-refractivity contribution in [3.05, 3.63) is 155 Å². The fraction of sp³-hybridized carbons (Fsp3) is 0.0556. The summed E-state index contributed by atoms with van der Waals surface area (Å²) in [6.45, 7) is 2.76. The minimum absolute atomic E-state index is 0.0988. The fourth-order valence-corrected chi connectivity index (χ4v) is 4.82. The maximum atomic E-state index is 13.3. The number of hydrogen-bond acceptors (Lipinski definition) is 7. The normalized spacial score (nSPS) is 10.8. The van der Waals surface area contributed by atoms with Gasteiger partial charge in [-0.25, -0.2) is 9.36 Å². The molecule has 0 radical (unpaired) electrons. The predicted octanol–water partition coefficient (Wildman–Crippen LogP) is 6.72. The van der Waals surface area contributed by atoms with Gasteiger partial charge in [-0.05, 0) is 72.8 Å². The van der Waals surface area contributed by atoms with Gasteiger partial charge in [0, 0.05) is 37.4 Å². The molecule has 0 bridgehead atoms. The van der Waals surface area contributed by atoms with Crippen molar-refractivity contribution in [1.29, 1.82) is 0 Å². The monoisotopic (exact) mass is 594 g/mol. The van der Waals surface area contributed by atoms with Crippen LogP contribution in [-0.4, -0.2) is 42.7 Å². The highest BCUT2D eigenvalue weighted by Gasteiger charge is 2.23. The molecular formula is C36H26N4O5. The Morgan fingerprint density at radius 1 is 0.511 bits per heavy atom. The minimum atomic E-state index is -0.336. The first-order chi connectivity index (χ1) is 21.8. The van der Waals surface area contributed by atoms with Gasteiger partial charge in [0.05, 0.1) is 22.5 Å². The highest BCUT2D eigenvalue weighted by atomic mass is 16.5. The molecule has 6 rings (SSSR count). The Morgan fingerprint density at radius 3 is 1.20 bits per heavy atom. The van der Waals surface area contributed by atoms with E-state index in [0.717, 1.165) is 11.4 Å². The lowest BCUT2D eigenvalue weighted by Crippen LogP contribution is -2.07. The van der Waals surface area contributed by atoms with Crippen molar-refractivity contribution in [3.8, 4) is 22.9 Å². The van der Waals surface area contributed by atoms with Gasteiger partial charge in [0.25, 0.3) is 0 Å². The van der Waals surface area contributed by atoms with E-state index in [-0.39, 0.29) is 45.6 Å². The van der Waals surface area contributed by atoms with Crippen molar-refractivity contribution in [2.75, 3.05) is 0 Å². The molecule has 0 saturated carbocycles. The topological polar surface area (TPSA) is 113 Å². The molecule has 0 spiro atoms. The van der Waals surface area contributed by atoms with E-state index in [9.17, 15) is 19.2 Å². The van der Waals surface area contributed by atoms with Gasteiger partial charge < -0.3 is 4.74 Å². The molecule has 0 unspecified atom stereocenters. The van der Waals surface area contributed by atoms with Crippen LogP contribution in [0.2, 0.25) is 0 Å². The summed E-state index contributed by atoms with van der Waals surface area (Å²) in [6.07, 6.45) is 3.13. The van der Waals surface area contributed by atoms with Gasteiger partial charge in [0.2, 0.25) is 0 Å². The van der Waals surface area contributed by atoms with Gasteiger partial charge in [-0.1, -0.05) is 36.4 Å². The summed E-state index contributed by atoms with van der Waals surface area (Å²) < 4.78 is 8.98. The maximum Gasteiger partial charge on any atom is 0.196 e. The number of nitrogens with zero attached hydrogens (tertiary/aromatic N) is 4. The van der Waals surface area contributed by atoms with Crippen molar-refractivity contribution in [3.63, 3.8) is 0 Å². The summed E-state index contributed by atoms with van der Waals surface area (Å²) in [5.74, 6) is -0.342. The molecule has 0 aliphatic heterocycles. The third-order valence-electron chi connectivity index (χ3n) is 7.09. The van der Waals surface area contributed by atoms with Crippen molar-refractivity contribution in [2.45, 2.75) is 13.8 Å². The van der Waals surface area contributed by atoms with Gasteiger partial charge in [-0.2, -0.15) is 10.2 Å². The average Bonchev–Trinajstić information content (AvgIpc) is 3.72. The minimum Gasteiger partial charge on any atom is -0.457 e. The summed E-state index contributed by atoms with van der Waals surface area (Å²) in [6, 6.07) is 31.6. The Kier molecular flexibility index (Phi) is 7.82. The molecule has 6 aromatic rings. The number of ether oxygens (including phenoxy) is 1. The number of para-hydroxylation sites is 2. The molecule has 0 N–H and O–H groups in total. The van der Waals surface area contributed by atoms with Crippen LogP contribution in [0.4, 0.5) is 0 Å². The second-order valence-corrected chi connectivity index (χ2v) is 10.3. The molecule has 4 aromatic carbocycles. The summed E-state index contributed by atoms with van der Waals surface area (Å²) in [5.41, 5.74) is 2.83. The number of carbonyl (C=O) groups is 4. The number of benzene rings is 4. The summed E-state index contributed by atoms with van der Waals surface area (Å²) in [5, 5.41) is 8.69. The molecular weight excluding hydrogens is 568 g/mol. The van der Waals surface area contributed by atoms with Gasteiger partial charge in [-0.15, -0.1) is 0 Å². The van der Waals surface area contributed by atoms with Crippen molar-refractivity contribution < 1.29 is 23.9 Å². The largest absolute Gasteiger partial charge is 0.457 e. The zero-order chi connectivity index (χ0) is 31.5. The molecule has 2 heterocycles. The summed E-state index contributed by atoms with van der Waals surface area (Å²) >= 11 is 0. The van der Waals surface area contributed by atoms with Crippen LogP contribution < -0.4 is 4.74 Å². The van der Waals surface area contributed by atoms with E-state index in [4.69, 9.17) is 4.74 Å². The molecule has 220 valence electrons. The molecule has 0 amide bonds. The smallest absolute Gasteiger partial charge is 0.196 e. The lowest BCUT2D eigenvalue weighted by atomic mass is 10.0. The van der Waals surface area contributed by atoms with Crippen molar-refractivity contribution >= 4 is 23.1 Å². The Balaban J connectivity index is 1.17. The van der Waals surface area contributed by atoms with Crippen LogP contribution in [0.1, 0.15) is 66.7 Å². The van der Waals surface area contributed by atoms with E-state index in [2.05, 4.69) is 10.2 Å². The number of aromatic nitrogens is 4. The van der Waals surface area contributed by atoms with Crippen molar-refractivity contribution in [1.82, 2.24) is 19.6 Å². The number of ketones is 4. The molecule has 9 nitrogen and oxygen atoms in total. The van der Waals surface area contributed by atoms with Crippen LogP contribution in [0.3, 0.4) is 0 Å². The molecule has 0 atom stereocenters. The zero-order valence-electron chi connectivity index (χ0n) is 24.4. The van der Waals surface area contributed by atoms with Gasteiger partial charge >= 0.3 is 0 Å². The number of carbonyl (C=O) groups excluding carboxylic acids is 4. The number of Topliss-reactive ketones (excluding diaryl/α,β-unsaturated/α-hetero) is 2. The second kappa shape index (κ2) is 12.2. The molecule has 0 aliphatic carbocycles. The van der Waals surface area contributed by atoms with Crippen LogP contribution in [0.15, 0.2) is 122 Å². The van der Waals surface area contributed by atoms with E-state index in [1.165, 1.54) is 23.2 Å². The highest BCUT2D eigenvalue weighted by Crippen LogP contribution is 2.25. The first kappa shape index (κ1) is 28.9. The van der Waals surface area contributed by atoms with Crippen molar-refractivity contribution in [2.24, 2.45) is 0 Å². The Labute approximate surface area is 258 Å². The SMILES string of the molecule is CC(=O)c1nn(-c2ccccc2)cc1C(=O)c1ccc(Oc2ccc(C(=O)c3cn(-c4ccccc4)nc3C(C)=O)cc2)cc1. The first-order valence-corrected chi connectivity index (χ1v) is 14.1. The van der Waals surface area contributed by atoms with E-state index in [1.54, 1.807) is 60.9 Å². The third-order valence-corrected chi connectivity index (χ3v) is 7.09. The molecule has 9 heteroatoms. The number of hydrogen-bond donors (Lipinski definition) is 0. The van der Waals surface area contributed by atoms with Crippen LogP contribution in [0.5, 0.6) is 11.5 Å². The first-order valence-electron chi connectivity index (χ1n) is 14.1. The standard InChI is InChI=1S/C36H26N4O5/c1-23(41)33-31(21-39(37-33)27-9-5-3-6-10-27)35(43)25-13-17-29(18-14-25)45-30-19-15-26(16-20-30)36(44)32-22-40(38-34(32)24(2)42)28-11-7-4-8-12-28/h3-22H,1-2H3. The van der Waals surface area contributed by atoms with E-state index < -0.39 is 0 Å². The van der Waals surface area contributed by atoms with E-state index in [1.807, 2.05) is 60.7 Å². The molecule has 45 heavy (non-hydrogen) atoms. The average molecular weight is 595 g/mol. The zero-order valence-corrected chi connectivity index (χ0v) is 24.4. The predicted molar refractivity (Wildman–Crippen MR) is 167 cm³/mol. The quantitative estimate of drug-likeness (QED) is 0.162. The van der Waals surface area contributed by atoms with Crippen LogP contribution in [0.25, 0.3) is 11.4 Å².